The lowest BCUT2D eigenvalue weighted by atomic mass is 10.1. The summed E-state index contributed by atoms with van der Waals surface area (Å²) in [4.78, 5) is -0.0791. The van der Waals surface area contributed by atoms with Crippen LogP contribution in [0, 0.1) is 11.6 Å². The van der Waals surface area contributed by atoms with Crippen LogP contribution < -0.4 is 5.73 Å². The average Bonchev–Trinajstić information content (AvgIpc) is 2.68. The van der Waals surface area contributed by atoms with Gasteiger partial charge in [0.05, 0.1) is 4.90 Å². The molecule has 0 aliphatic heterocycles. The molecule has 0 fully saturated rings. The van der Waals surface area contributed by atoms with Crippen LogP contribution in [-0.2, 0) is 13.5 Å². The van der Waals surface area contributed by atoms with E-state index < -0.39 is 11.6 Å². The Hall–Kier alpha value is -1.47. The molecular formula is C12H14F2N4S. The molecule has 0 aliphatic carbocycles. The quantitative estimate of drug-likeness (QED) is 0.934. The average molecular weight is 284 g/mol. The van der Waals surface area contributed by atoms with Crippen LogP contribution in [-0.4, -0.2) is 20.8 Å². The Morgan fingerprint density at radius 1 is 1.37 bits per heavy atom. The van der Waals surface area contributed by atoms with Gasteiger partial charge < -0.3 is 10.3 Å². The van der Waals surface area contributed by atoms with Crippen LogP contribution >= 0.6 is 11.8 Å². The van der Waals surface area contributed by atoms with Crippen LogP contribution in [0.1, 0.15) is 12.5 Å². The summed E-state index contributed by atoms with van der Waals surface area (Å²) < 4.78 is 29.4. The second-order valence-electron chi connectivity index (χ2n) is 4.40. The van der Waals surface area contributed by atoms with E-state index in [1.165, 1.54) is 18.5 Å². The minimum atomic E-state index is -0.608. The van der Waals surface area contributed by atoms with Gasteiger partial charge in [0.2, 0.25) is 0 Å². The molecule has 1 unspecified atom stereocenters. The van der Waals surface area contributed by atoms with Crippen molar-refractivity contribution >= 4 is 11.8 Å². The fraction of sp³-hybridized carbons (Fsp3) is 0.333. The lowest BCUT2D eigenvalue weighted by Crippen LogP contribution is -2.18. The van der Waals surface area contributed by atoms with Crippen molar-refractivity contribution in [3.8, 4) is 0 Å². The van der Waals surface area contributed by atoms with Gasteiger partial charge in [0, 0.05) is 13.1 Å². The van der Waals surface area contributed by atoms with Crippen molar-refractivity contribution in [3.05, 3.63) is 35.7 Å². The molecule has 2 N–H and O–H groups in total. The molecule has 19 heavy (non-hydrogen) atoms. The number of nitrogens with zero attached hydrogens (tertiary/aromatic N) is 3. The lowest BCUT2D eigenvalue weighted by molar-refractivity contribution is 0.534. The molecule has 0 aliphatic rings. The van der Waals surface area contributed by atoms with Gasteiger partial charge in [-0.05, 0) is 42.8 Å². The second-order valence-corrected chi connectivity index (χ2v) is 5.37. The first kappa shape index (κ1) is 14.0. The fourth-order valence-electron chi connectivity index (χ4n) is 1.66. The number of hydrogen-bond donors (Lipinski definition) is 1. The van der Waals surface area contributed by atoms with Crippen molar-refractivity contribution in [2.24, 2.45) is 12.8 Å². The van der Waals surface area contributed by atoms with E-state index in [0.717, 1.165) is 11.8 Å². The van der Waals surface area contributed by atoms with Crippen molar-refractivity contribution in [2.75, 3.05) is 0 Å². The van der Waals surface area contributed by atoms with Gasteiger partial charge in [-0.3, -0.25) is 0 Å². The molecule has 102 valence electrons. The number of benzene rings is 1. The molecule has 0 saturated carbocycles. The van der Waals surface area contributed by atoms with Crippen molar-refractivity contribution < 1.29 is 8.78 Å². The Morgan fingerprint density at radius 3 is 2.47 bits per heavy atom. The van der Waals surface area contributed by atoms with E-state index in [2.05, 4.69) is 10.2 Å². The van der Waals surface area contributed by atoms with Gasteiger partial charge in [-0.1, -0.05) is 0 Å². The molecule has 1 aromatic carbocycles. The first-order valence-electron chi connectivity index (χ1n) is 5.72. The minimum Gasteiger partial charge on any atom is -0.328 e. The molecule has 2 rings (SSSR count). The summed E-state index contributed by atoms with van der Waals surface area (Å²) in [6.07, 6.45) is 1.91. The second kappa shape index (κ2) is 5.66. The van der Waals surface area contributed by atoms with Gasteiger partial charge in [-0.15, -0.1) is 10.2 Å². The third-order valence-corrected chi connectivity index (χ3v) is 3.63. The molecule has 0 saturated heterocycles. The molecular weight excluding hydrogens is 270 g/mol. The normalized spacial score (nSPS) is 12.7. The van der Waals surface area contributed by atoms with E-state index in [1.807, 2.05) is 0 Å². The molecule has 0 bridgehead atoms. The van der Waals surface area contributed by atoms with Crippen LogP contribution in [0.15, 0.2) is 28.5 Å². The Morgan fingerprint density at radius 2 is 2.00 bits per heavy atom. The smallest absolute Gasteiger partial charge is 0.195 e. The van der Waals surface area contributed by atoms with Gasteiger partial charge in [0.15, 0.2) is 5.16 Å². The first-order valence-corrected chi connectivity index (χ1v) is 6.54. The Balaban J connectivity index is 2.29. The van der Waals surface area contributed by atoms with Crippen LogP contribution in [0.2, 0.25) is 0 Å². The van der Waals surface area contributed by atoms with E-state index in [1.54, 1.807) is 18.5 Å². The third kappa shape index (κ3) is 3.30. The van der Waals surface area contributed by atoms with Gasteiger partial charge in [0.1, 0.15) is 18.0 Å². The topological polar surface area (TPSA) is 56.7 Å². The number of nitrogens with two attached hydrogens (primary N) is 1. The fourth-order valence-corrected chi connectivity index (χ4v) is 2.43. The van der Waals surface area contributed by atoms with Gasteiger partial charge in [-0.25, -0.2) is 8.78 Å². The monoisotopic (exact) mass is 284 g/mol. The largest absolute Gasteiger partial charge is 0.328 e. The number of rotatable bonds is 4. The molecule has 4 nitrogen and oxygen atoms in total. The minimum absolute atomic E-state index is 0.0791. The van der Waals surface area contributed by atoms with Crippen molar-refractivity contribution in [2.45, 2.75) is 29.4 Å². The summed E-state index contributed by atoms with van der Waals surface area (Å²) in [5.74, 6) is -1.22. The van der Waals surface area contributed by atoms with E-state index in [-0.39, 0.29) is 10.9 Å². The maximum absolute atomic E-state index is 13.9. The maximum atomic E-state index is 13.9. The van der Waals surface area contributed by atoms with E-state index >= 15 is 0 Å². The van der Waals surface area contributed by atoms with Crippen molar-refractivity contribution in [1.29, 1.82) is 0 Å². The SMILES string of the molecule is CC(N)Cc1cc(F)c(Sc2nncn2C)c(F)c1. The van der Waals surface area contributed by atoms with E-state index in [4.69, 9.17) is 5.73 Å². The highest BCUT2D eigenvalue weighted by Gasteiger charge is 2.15. The van der Waals surface area contributed by atoms with Crippen molar-refractivity contribution in [1.82, 2.24) is 14.8 Å². The predicted octanol–water partition coefficient (Wildman–Crippen LogP) is 2.13. The highest BCUT2D eigenvalue weighted by Crippen LogP contribution is 2.31. The number of aryl methyl sites for hydroxylation is 1. The van der Waals surface area contributed by atoms with Crippen LogP contribution in [0.3, 0.4) is 0 Å². The Kier molecular flexibility index (Phi) is 4.16. The van der Waals surface area contributed by atoms with Crippen LogP contribution in [0.4, 0.5) is 8.78 Å². The molecule has 2 aromatic rings. The summed E-state index contributed by atoms with van der Waals surface area (Å²) in [6.45, 7) is 1.79. The summed E-state index contributed by atoms with van der Waals surface area (Å²) in [5.41, 5.74) is 6.17. The molecule has 0 spiro atoms. The van der Waals surface area contributed by atoms with E-state index in [0.29, 0.717) is 17.1 Å². The number of halogens is 2. The molecule has 0 amide bonds. The van der Waals surface area contributed by atoms with Gasteiger partial charge >= 0.3 is 0 Å². The summed E-state index contributed by atoms with van der Waals surface area (Å²) in [6, 6.07) is 2.48. The van der Waals surface area contributed by atoms with Crippen LogP contribution in [0.5, 0.6) is 0 Å². The Labute approximate surface area is 114 Å². The third-order valence-electron chi connectivity index (χ3n) is 2.48. The number of hydrogen-bond acceptors (Lipinski definition) is 4. The zero-order valence-electron chi connectivity index (χ0n) is 10.6. The molecule has 1 aromatic heterocycles. The highest BCUT2D eigenvalue weighted by molar-refractivity contribution is 7.99. The summed E-state index contributed by atoms with van der Waals surface area (Å²) in [5, 5.41) is 7.88. The molecule has 7 heteroatoms. The molecule has 0 radical (unpaired) electrons. The zero-order chi connectivity index (χ0) is 14.0. The molecule has 1 heterocycles. The zero-order valence-corrected chi connectivity index (χ0v) is 11.4. The lowest BCUT2D eigenvalue weighted by Gasteiger charge is -2.09. The highest BCUT2D eigenvalue weighted by atomic mass is 32.2. The Bertz CT molecular complexity index is 560. The van der Waals surface area contributed by atoms with Gasteiger partial charge in [-0.2, -0.15) is 0 Å². The standard InChI is InChI=1S/C12H14F2N4S/c1-7(15)3-8-4-9(13)11(10(14)5-8)19-12-17-16-6-18(12)2/h4-7H,3,15H2,1-2H3. The van der Waals surface area contributed by atoms with Gasteiger partial charge in [0.25, 0.3) is 0 Å². The maximum Gasteiger partial charge on any atom is 0.195 e. The van der Waals surface area contributed by atoms with Crippen molar-refractivity contribution in [3.63, 3.8) is 0 Å². The summed E-state index contributed by atoms with van der Waals surface area (Å²) in [7, 11) is 1.71. The first-order chi connectivity index (χ1) is 8.97. The molecule has 1 atom stereocenters. The van der Waals surface area contributed by atoms with E-state index in [9.17, 15) is 8.78 Å². The van der Waals surface area contributed by atoms with Crippen LogP contribution in [0.25, 0.3) is 0 Å². The summed E-state index contributed by atoms with van der Waals surface area (Å²) >= 11 is 0.910. The number of aromatic nitrogens is 3. The predicted molar refractivity (Wildman–Crippen MR) is 68.8 cm³/mol.